The SMILES string of the molecule is COc1cc(-n2c(C3CCOCC3)c([C@@H]3CC[C@@](C)(C(=O)O)C3)c3cc4[nH]ncc4cc32)ccc1F. The number of H-pyrrole nitrogens is 1. The molecule has 2 aliphatic rings. The van der Waals surface area contributed by atoms with E-state index in [0.717, 1.165) is 46.8 Å². The van der Waals surface area contributed by atoms with E-state index in [1.807, 2.05) is 13.1 Å². The van der Waals surface area contributed by atoms with Crippen molar-refractivity contribution in [2.24, 2.45) is 5.41 Å². The Morgan fingerprint density at radius 1 is 1.22 bits per heavy atom. The average Bonchev–Trinajstić information content (AvgIpc) is 3.59. The largest absolute Gasteiger partial charge is 0.494 e. The summed E-state index contributed by atoms with van der Waals surface area (Å²) in [6.07, 6.45) is 5.61. The fourth-order valence-corrected chi connectivity index (χ4v) is 6.32. The van der Waals surface area contributed by atoms with Crippen LogP contribution >= 0.6 is 0 Å². The highest BCUT2D eigenvalue weighted by Crippen LogP contribution is 2.52. The van der Waals surface area contributed by atoms with Crippen LogP contribution < -0.4 is 4.74 Å². The van der Waals surface area contributed by atoms with E-state index in [2.05, 4.69) is 26.9 Å². The molecule has 36 heavy (non-hydrogen) atoms. The maximum atomic E-state index is 14.4. The fourth-order valence-electron chi connectivity index (χ4n) is 6.32. The van der Waals surface area contributed by atoms with Gasteiger partial charge in [0.2, 0.25) is 0 Å². The number of rotatable bonds is 5. The van der Waals surface area contributed by atoms with Gasteiger partial charge in [-0.3, -0.25) is 9.89 Å². The van der Waals surface area contributed by atoms with E-state index in [-0.39, 0.29) is 17.6 Å². The van der Waals surface area contributed by atoms with E-state index in [0.29, 0.717) is 26.1 Å². The summed E-state index contributed by atoms with van der Waals surface area (Å²) in [5.74, 6) is -0.602. The summed E-state index contributed by atoms with van der Waals surface area (Å²) >= 11 is 0. The Balaban J connectivity index is 1.66. The molecule has 188 valence electrons. The number of hydrogen-bond donors (Lipinski definition) is 2. The van der Waals surface area contributed by atoms with Crippen LogP contribution in [-0.2, 0) is 9.53 Å². The van der Waals surface area contributed by atoms with Gasteiger partial charge in [-0.25, -0.2) is 4.39 Å². The summed E-state index contributed by atoms with van der Waals surface area (Å²) in [5, 5.41) is 19.4. The highest BCUT2D eigenvalue weighted by Gasteiger charge is 2.44. The van der Waals surface area contributed by atoms with Gasteiger partial charge in [0, 0.05) is 47.4 Å². The van der Waals surface area contributed by atoms with Gasteiger partial charge in [-0.1, -0.05) is 0 Å². The molecule has 0 amide bonds. The summed E-state index contributed by atoms with van der Waals surface area (Å²) in [7, 11) is 1.47. The number of carboxylic acid groups (broad SMARTS) is 1. The third kappa shape index (κ3) is 3.58. The number of carboxylic acids is 1. The van der Waals surface area contributed by atoms with Crippen molar-refractivity contribution < 1.29 is 23.8 Å². The number of carbonyl (C=O) groups is 1. The number of benzene rings is 2. The van der Waals surface area contributed by atoms with Crippen LogP contribution in [0.15, 0.2) is 36.5 Å². The number of nitrogens with zero attached hydrogens (tertiary/aromatic N) is 2. The second-order valence-corrected chi connectivity index (χ2v) is 10.5. The first-order chi connectivity index (χ1) is 17.4. The fraction of sp³-hybridized carbons (Fsp3) is 0.429. The van der Waals surface area contributed by atoms with Crippen LogP contribution in [0.3, 0.4) is 0 Å². The first-order valence-electron chi connectivity index (χ1n) is 12.6. The number of hydrogen-bond acceptors (Lipinski definition) is 4. The maximum absolute atomic E-state index is 14.4. The van der Waals surface area contributed by atoms with Crippen molar-refractivity contribution in [2.75, 3.05) is 20.3 Å². The lowest BCUT2D eigenvalue weighted by atomic mass is 9.83. The molecule has 0 bridgehead atoms. The summed E-state index contributed by atoms with van der Waals surface area (Å²) < 4.78 is 27.7. The predicted molar refractivity (Wildman–Crippen MR) is 135 cm³/mol. The monoisotopic (exact) mass is 491 g/mol. The molecule has 1 aliphatic heterocycles. The summed E-state index contributed by atoms with van der Waals surface area (Å²) in [6, 6.07) is 9.25. The van der Waals surface area contributed by atoms with Gasteiger partial charge in [-0.15, -0.1) is 0 Å². The van der Waals surface area contributed by atoms with Crippen molar-refractivity contribution in [1.29, 1.82) is 0 Å². The average molecular weight is 492 g/mol. The molecular formula is C28H30FN3O4. The smallest absolute Gasteiger partial charge is 0.309 e. The number of ether oxygens (including phenoxy) is 2. The molecule has 2 atom stereocenters. The number of aromatic nitrogens is 3. The minimum atomic E-state index is -0.747. The maximum Gasteiger partial charge on any atom is 0.309 e. The Hall–Kier alpha value is -3.39. The molecule has 0 radical (unpaired) electrons. The van der Waals surface area contributed by atoms with Crippen LogP contribution in [0, 0.1) is 11.2 Å². The number of nitrogens with one attached hydrogen (secondary N) is 1. The molecule has 1 aliphatic carbocycles. The summed E-state index contributed by atoms with van der Waals surface area (Å²) in [6.45, 7) is 3.22. The van der Waals surface area contributed by atoms with E-state index >= 15 is 0 Å². The third-order valence-electron chi connectivity index (χ3n) is 8.27. The van der Waals surface area contributed by atoms with Crippen LogP contribution in [0.25, 0.3) is 27.5 Å². The van der Waals surface area contributed by atoms with Gasteiger partial charge in [0.25, 0.3) is 0 Å². The zero-order valence-corrected chi connectivity index (χ0v) is 20.5. The van der Waals surface area contributed by atoms with Gasteiger partial charge in [0.1, 0.15) is 0 Å². The quantitative estimate of drug-likeness (QED) is 0.362. The standard InChI is InChI=1S/C28H30FN3O4/c1-28(27(33)34)8-5-17(14-28)25-20-13-22-18(15-30-31-22)11-23(20)32(26(25)16-6-9-36-10-7-16)19-3-4-21(29)24(12-19)35-2/h3-4,11-13,15-17H,5-10,14H2,1-2H3,(H,30,31)(H,33,34)/t17-,28-/m1/s1. The van der Waals surface area contributed by atoms with E-state index < -0.39 is 17.2 Å². The summed E-state index contributed by atoms with van der Waals surface area (Å²) in [5.41, 5.74) is 4.42. The van der Waals surface area contributed by atoms with Gasteiger partial charge in [-0.05, 0) is 74.8 Å². The molecule has 6 rings (SSSR count). The van der Waals surface area contributed by atoms with Gasteiger partial charge >= 0.3 is 5.97 Å². The molecule has 2 aromatic heterocycles. The molecule has 8 heteroatoms. The second-order valence-electron chi connectivity index (χ2n) is 10.5. The Kier molecular flexibility index (Phi) is 5.52. The van der Waals surface area contributed by atoms with Crippen molar-refractivity contribution in [3.05, 3.63) is 53.6 Å². The van der Waals surface area contributed by atoms with E-state index in [1.165, 1.54) is 24.4 Å². The molecule has 3 heterocycles. The van der Waals surface area contributed by atoms with Gasteiger partial charge in [0.05, 0.1) is 29.8 Å². The van der Waals surface area contributed by atoms with Gasteiger partial charge in [-0.2, -0.15) is 5.10 Å². The highest BCUT2D eigenvalue weighted by molar-refractivity contribution is 5.99. The number of halogens is 1. The van der Waals surface area contributed by atoms with Crippen LogP contribution in [-0.4, -0.2) is 46.2 Å². The lowest BCUT2D eigenvalue weighted by Crippen LogP contribution is -2.24. The van der Waals surface area contributed by atoms with Crippen molar-refractivity contribution in [3.8, 4) is 11.4 Å². The molecule has 2 fully saturated rings. The van der Waals surface area contributed by atoms with Crippen LogP contribution in [0.4, 0.5) is 4.39 Å². The molecular weight excluding hydrogens is 461 g/mol. The Labute approximate surface area is 208 Å². The highest BCUT2D eigenvalue weighted by atomic mass is 19.1. The van der Waals surface area contributed by atoms with E-state index in [1.54, 1.807) is 12.1 Å². The number of methoxy groups -OCH3 is 1. The molecule has 7 nitrogen and oxygen atoms in total. The topological polar surface area (TPSA) is 89.4 Å². The Bertz CT molecular complexity index is 1470. The molecule has 2 aromatic carbocycles. The first kappa shape index (κ1) is 23.0. The minimum absolute atomic E-state index is 0.107. The molecule has 1 saturated carbocycles. The minimum Gasteiger partial charge on any atom is -0.494 e. The molecule has 2 N–H and O–H groups in total. The lowest BCUT2D eigenvalue weighted by molar-refractivity contribution is -0.147. The van der Waals surface area contributed by atoms with Crippen molar-refractivity contribution in [2.45, 2.75) is 50.9 Å². The van der Waals surface area contributed by atoms with Crippen molar-refractivity contribution in [1.82, 2.24) is 14.8 Å². The first-order valence-corrected chi connectivity index (χ1v) is 12.6. The van der Waals surface area contributed by atoms with E-state index in [9.17, 15) is 14.3 Å². The Morgan fingerprint density at radius 2 is 2.03 bits per heavy atom. The van der Waals surface area contributed by atoms with Crippen LogP contribution in [0.1, 0.15) is 62.1 Å². The normalized spacial score (nSPS) is 23.0. The van der Waals surface area contributed by atoms with E-state index in [4.69, 9.17) is 9.47 Å². The number of aliphatic carboxylic acids is 1. The predicted octanol–water partition coefficient (Wildman–Crippen LogP) is 5.91. The van der Waals surface area contributed by atoms with Gasteiger partial charge < -0.3 is 19.1 Å². The summed E-state index contributed by atoms with van der Waals surface area (Å²) in [4.78, 5) is 12.1. The molecule has 1 saturated heterocycles. The molecule has 0 spiro atoms. The van der Waals surface area contributed by atoms with Crippen molar-refractivity contribution in [3.63, 3.8) is 0 Å². The lowest BCUT2D eigenvalue weighted by Gasteiger charge is -2.27. The van der Waals surface area contributed by atoms with Gasteiger partial charge in [0.15, 0.2) is 11.6 Å². The number of aromatic amines is 1. The Morgan fingerprint density at radius 3 is 2.75 bits per heavy atom. The number of fused-ring (bicyclic) bond motifs is 2. The second kappa shape index (κ2) is 8.62. The molecule has 4 aromatic rings. The van der Waals surface area contributed by atoms with Crippen LogP contribution in [0.5, 0.6) is 5.75 Å². The third-order valence-corrected chi connectivity index (χ3v) is 8.27. The van der Waals surface area contributed by atoms with Crippen LogP contribution in [0.2, 0.25) is 0 Å². The van der Waals surface area contributed by atoms with Crippen molar-refractivity contribution >= 4 is 27.8 Å². The zero-order chi connectivity index (χ0) is 25.0. The zero-order valence-electron chi connectivity index (χ0n) is 20.5. The molecule has 0 unspecified atom stereocenters.